The van der Waals surface area contributed by atoms with Crippen molar-refractivity contribution < 1.29 is 9.21 Å². The van der Waals surface area contributed by atoms with E-state index in [1.807, 2.05) is 50.2 Å². The lowest BCUT2D eigenvalue weighted by Crippen LogP contribution is -2.38. The van der Waals surface area contributed by atoms with E-state index < -0.39 is 5.41 Å². The summed E-state index contributed by atoms with van der Waals surface area (Å²) in [5, 5.41) is 11.6. The van der Waals surface area contributed by atoms with Crippen LogP contribution in [-0.2, 0) is 10.2 Å². The Morgan fingerprint density at radius 3 is 2.32 bits per heavy atom. The highest BCUT2D eigenvalue weighted by atomic mass is 35.5. The molecule has 0 unspecified atom stereocenters. The monoisotopic (exact) mass is 395 g/mol. The van der Waals surface area contributed by atoms with Crippen LogP contribution in [0.2, 0.25) is 5.02 Å². The maximum atomic E-state index is 13.2. The zero-order valence-electron chi connectivity index (χ0n) is 16.0. The number of nitrogens with one attached hydrogen (secondary N) is 1. The predicted molar refractivity (Wildman–Crippen MR) is 109 cm³/mol. The number of carbonyl (C=O) groups excluding carboxylic acids is 1. The molecule has 0 spiro atoms. The van der Waals surface area contributed by atoms with Crippen LogP contribution in [0.15, 0.2) is 46.9 Å². The molecular formula is C22H22ClN3O2. The second-order valence-corrected chi connectivity index (χ2v) is 7.98. The molecule has 1 N–H and O–H groups in total. The molecule has 1 aliphatic rings. The van der Waals surface area contributed by atoms with Gasteiger partial charge in [0.25, 0.3) is 0 Å². The van der Waals surface area contributed by atoms with Crippen molar-refractivity contribution >= 4 is 23.5 Å². The summed E-state index contributed by atoms with van der Waals surface area (Å²) in [4.78, 5) is 13.2. The highest BCUT2D eigenvalue weighted by Gasteiger charge is 2.43. The quantitative estimate of drug-likeness (QED) is 0.637. The minimum Gasteiger partial charge on any atom is -0.403 e. The van der Waals surface area contributed by atoms with E-state index in [4.69, 9.17) is 16.0 Å². The number of halogens is 1. The van der Waals surface area contributed by atoms with Gasteiger partial charge in [0, 0.05) is 10.6 Å². The number of nitrogens with zero attached hydrogens (tertiary/aromatic N) is 2. The molecule has 1 amide bonds. The molecule has 144 valence electrons. The molecule has 0 aliphatic heterocycles. The summed E-state index contributed by atoms with van der Waals surface area (Å²) in [6, 6.07) is 13.7. The van der Waals surface area contributed by atoms with E-state index in [1.165, 1.54) is 0 Å². The number of rotatable bonds is 4. The lowest BCUT2D eigenvalue weighted by molar-refractivity contribution is -0.121. The van der Waals surface area contributed by atoms with E-state index in [2.05, 4.69) is 21.6 Å². The Balaban J connectivity index is 1.59. The molecule has 2 aromatic carbocycles. The normalized spacial score (nSPS) is 15.5. The zero-order chi connectivity index (χ0) is 19.7. The molecule has 4 rings (SSSR count). The van der Waals surface area contributed by atoms with E-state index in [0.29, 0.717) is 10.9 Å². The molecule has 1 aliphatic carbocycles. The maximum absolute atomic E-state index is 13.2. The van der Waals surface area contributed by atoms with Gasteiger partial charge in [0.2, 0.25) is 11.8 Å². The van der Waals surface area contributed by atoms with E-state index >= 15 is 0 Å². The standard InChI is InChI=1S/C22H22ClN3O2/c1-14-11-15(2)13-16(12-14)19-25-26-21(28-19)24-20(27)22(9-3-4-10-22)17-5-7-18(23)8-6-17/h5-8,11-13H,3-4,9-10H2,1-2H3,(H,24,26,27). The third-order valence-corrected chi connectivity index (χ3v) is 5.65. The van der Waals surface area contributed by atoms with Gasteiger partial charge in [-0.1, -0.05) is 58.9 Å². The van der Waals surface area contributed by atoms with Crippen LogP contribution in [0.25, 0.3) is 11.5 Å². The summed E-state index contributed by atoms with van der Waals surface area (Å²) in [5.41, 5.74) is 3.47. The second kappa shape index (κ2) is 7.40. The van der Waals surface area contributed by atoms with Crippen LogP contribution in [-0.4, -0.2) is 16.1 Å². The average Bonchev–Trinajstić information content (AvgIpc) is 3.32. The minimum atomic E-state index is -0.584. The van der Waals surface area contributed by atoms with Gasteiger partial charge in [-0.05, 0) is 56.5 Å². The van der Waals surface area contributed by atoms with E-state index in [9.17, 15) is 4.79 Å². The fourth-order valence-corrected chi connectivity index (χ4v) is 4.23. The van der Waals surface area contributed by atoms with Crippen molar-refractivity contribution in [2.45, 2.75) is 44.9 Å². The molecule has 0 saturated heterocycles. The molecule has 1 heterocycles. The highest BCUT2D eigenvalue weighted by Crippen LogP contribution is 2.42. The van der Waals surface area contributed by atoms with Gasteiger partial charge in [-0.15, -0.1) is 5.10 Å². The molecule has 1 aromatic heterocycles. The van der Waals surface area contributed by atoms with Crippen molar-refractivity contribution in [3.63, 3.8) is 0 Å². The number of anilines is 1. The first-order valence-electron chi connectivity index (χ1n) is 9.46. The van der Waals surface area contributed by atoms with Gasteiger partial charge in [-0.2, -0.15) is 0 Å². The van der Waals surface area contributed by atoms with Crippen LogP contribution in [0.3, 0.4) is 0 Å². The molecule has 1 saturated carbocycles. The van der Waals surface area contributed by atoms with Gasteiger partial charge in [0.05, 0.1) is 5.41 Å². The SMILES string of the molecule is Cc1cc(C)cc(-c2nnc(NC(=O)C3(c4ccc(Cl)cc4)CCCC3)o2)c1. The number of carbonyl (C=O) groups is 1. The molecule has 28 heavy (non-hydrogen) atoms. The lowest BCUT2D eigenvalue weighted by Gasteiger charge is -2.27. The van der Waals surface area contributed by atoms with E-state index in [1.54, 1.807) is 0 Å². The van der Waals surface area contributed by atoms with Crippen molar-refractivity contribution in [2.24, 2.45) is 0 Å². The Morgan fingerprint density at radius 1 is 1.04 bits per heavy atom. The Morgan fingerprint density at radius 2 is 1.68 bits per heavy atom. The Hall–Kier alpha value is -2.66. The Kier molecular flexibility index (Phi) is 4.94. The first-order chi connectivity index (χ1) is 13.5. The molecule has 6 heteroatoms. The summed E-state index contributed by atoms with van der Waals surface area (Å²) in [5.74, 6) is 0.289. The average molecular weight is 396 g/mol. The molecule has 0 atom stereocenters. The number of amides is 1. The summed E-state index contributed by atoms with van der Waals surface area (Å²) in [6.07, 6.45) is 3.60. The van der Waals surface area contributed by atoms with Gasteiger partial charge >= 0.3 is 6.01 Å². The number of aromatic nitrogens is 2. The number of benzene rings is 2. The summed E-state index contributed by atoms with van der Waals surface area (Å²) in [6.45, 7) is 4.04. The first-order valence-corrected chi connectivity index (χ1v) is 9.84. The van der Waals surface area contributed by atoms with Crippen LogP contribution in [0.1, 0.15) is 42.4 Å². The smallest absolute Gasteiger partial charge is 0.322 e. The Bertz CT molecular complexity index is 985. The van der Waals surface area contributed by atoms with Crippen molar-refractivity contribution in [3.8, 4) is 11.5 Å². The van der Waals surface area contributed by atoms with Crippen molar-refractivity contribution in [1.82, 2.24) is 10.2 Å². The van der Waals surface area contributed by atoms with Crippen molar-refractivity contribution in [3.05, 3.63) is 64.2 Å². The first kappa shape index (κ1) is 18.7. The topological polar surface area (TPSA) is 68.0 Å². The van der Waals surface area contributed by atoms with Crippen LogP contribution in [0.4, 0.5) is 6.01 Å². The third-order valence-electron chi connectivity index (χ3n) is 5.40. The van der Waals surface area contributed by atoms with Crippen molar-refractivity contribution in [2.75, 3.05) is 5.32 Å². The van der Waals surface area contributed by atoms with E-state index in [-0.39, 0.29) is 11.9 Å². The molecular weight excluding hydrogens is 374 g/mol. The predicted octanol–water partition coefficient (Wildman–Crippen LogP) is 5.46. The molecule has 5 nitrogen and oxygen atoms in total. The number of hydrogen-bond donors (Lipinski definition) is 1. The minimum absolute atomic E-state index is 0.108. The fraction of sp³-hybridized carbons (Fsp3) is 0.318. The third kappa shape index (κ3) is 3.54. The second-order valence-electron chi connectivity index (χ2n) is 7.54. The van der Waals surface area contributed by atoms with Gasteiger partial charge in [0.15, 0.2) is 0 Å². The summed E-state index contributed by atoms with van der Waals surface area (Å²) < 4.78 is 5.73. The maximum Gasteiger partial charge on any atom is 0.322 e. The summed E-state index contributed by atoms with van der Waals surface area (Å²) in [7, 11) is 0. The van der Waals surface area contributed by atoms with E-state index in [0.717, 1.165) is 47.9 Å². The lowest BCUT2D eigenvalue weighted by atomic mass is 9.78. The van der Waals surface area contributed by atoms with Crippen LogP contribution in [0.5, 0.6) is 0 Å². The van der Waals surface area contributed by atoms with Gasteiger partial charge in [0.1, 0.15) is 0 Å². The van der Waals surface area contributed by atoms with Crippen LogP contribution >= 0.6 is 11.6 Å². The summed E-state index contributed by atoms with van der Waals surface area (Å²) >= 11 is 6.02. The van der Waals surface area contributed by atoms with Gasteiger partial charge in [-0.3, -0.25) is 10.1 Å². The molecule has 0 radical (unpaired) electrons. The molecule has 3 aromatic rings. The highest BCUT2D eigenvalue weighted by molar-refractivity contribution is 6.30. The molecule has 1 fully saturated rings. The largest absolute Gasteiger partial charge is 0.403 e. The number of aryl methyl sites for hydroxylation is 2. The fourth-order valence-electron chi connectivity index (χ4n) is 4.10. The van der Waals surface area contributed by atoms with Crippen molar-refractivity contribution in [1.29, 1.82) is 0 Å². The Labute approximate surface area is 169 Å². The zero-order valence-corrected chi connectivity index (χ0v) is 16.7. The van der Waals surface area contributed by atoms with Gasteiger partial charge in [-0.25, -0.2) is 0 Å². The van der Waals surface area contributed by atoms with Gasteiger partial charge < -0.3 is 4.42 Å². The van der Waals surface area contributed by atoms with Crippen LogP contribution < -0.4 is 5.32 Å². The number of hydrogen-bond acceptors (Lipinski definition) is 4. The van der Waals surface area contributed by atoms with Crippen LogP contribution in [0, 0.1) is 13.8 Å². The molecule has 0 bridgehead atoms.